The van der Waals surface area contributed by atoms with Crippen molar-refractivity contribution in [1.29, 1.82) is 0 Å². The molecule has 0 radical (unpaired) electrons. The largest absolute Gasteiger partial charge is 0.508 e. The third-order valence-electron chi connectivity index (χ3n) is 2.25. The molecule has 0 fully saturated rings. The highest BCUT2D eigenvalue weighted by atomic mass is 16.3. The van der Waals surface area contributed by atoms with E-state index in [-0.39, 0.29) is 17.2 Å². The van der Waals surface area contributed by atoms with Gasteiger partial charge in [0.2, 0.25) is 0 Å². The third kappa shape index (κ3) is 2.55. The number of aromatic hydroxyl groups is 3. The van der Waals surface area contributed by atoms with Crippen molar-refractivity contribution in [1.82, 2.24) is 0 Å². The zero-order valence-corrected chi connectivity index (χ0v) is 8.91. The molecule has 86 valence electrons. The highest BCUT2D eigenvalue weighted by molar-refractivity contribution is 5.86. The predicted octanol–water partition coefficient (Wildman–Crippen LogP) is 2.55. The van der Waals surface area contributed by atoms with E-state index >= 15 is 0 Å². The van der Waals surface area contributed by atoms with Crippen LogP contribution in [0.5, 0.6) is 17.2 Å². The Kier molecular flexibility index (Phi) is 2.96. The van der Waals surface area contributed by atoms with E-state index < -0.39 is 0 Å². The van der Waals surface area contributed by atoms with Crippen LogP contribution in [0.15, 0.2) is 47.5 Å². The summed E-state index contributed by atoms with van der Waals surface area (Å²) in [6.07, 6.45) is 1.45. The molecule has 0 amide bonds. The number of benzene rings is 2. The number of nitrogens with zero attached hydrogens (tertiary/aromatic N) is 1. The lowest BCUT2D eigenvalue weighted by Crippen LogP contribution is -1.82. The Morgan fingerprint density at radius 3 is 2.29 bits per heavy atom. The van der Waals surface area contributed by atoms with Crippen LogP contribution in [0, 0.1) is 0 Å². The molecule has 4 nitrogen and oxygen atoms in total. The first kappa shape index (κ1) is 11.0. The molecule has 0 bridgehead atoms. The van der Waals surface area contributed by atoms with E-state index in [2.05, 4.69) is 4.99 Å². The van der Waals surface area contributed by atoms with Gasteiger partial charge in [-0.3, -0.25) is 4.99 Å². The maximum atomic E-state index is 9.54. The Hall–Kier alpha value is -2.49. The van der Waals surface area contributed by atoms with Gasteiger partial charge in [-0.25, -0.2) is 0 Å². The van der Waals surface area contributed by atoms with Crippen molar-refractivity contribution in [3.63, 3.8) is 0 Å². The van der Waals surface area contributed by atoms with E-state index in [1.165, 1.54) is 24.4 Å². The standard InChI is InChI=1S/C13H11NO3/c15-11-6-4-10(5-7-11)14-8-9-2-1-3-12(16)13(9)17/h1-8,15-17H. The van der Waals surface area contributed by atoms with Crippen LogP contribution in [-0.4, -0.2) is 21.5 Å². The van der Waals surface area contributed by atoms with Gasteiger partial charge in [0.15, 0.2) is 11.5 Å². The molecule has 0 spiro atoms. The first-order chi connectivity index (χ1) is 8.16. The molecule has 0 saturated carbocycles. The summed E-state index contributed by atoms with van der Waals surface area (Å²) >= 11 is 0. The van der Waals surface area contributed by atoms with Crippen molar-refractivity contribution in [3.8, 4) is 17.2 Å². The number of rotatable bonds is 2. The minimum absolute atomic E-state index is 0.171. The fourth-order valence-corrected chi connectivity index (χ4v) is 1.34. The maximum Gasteiger partial charge on any atom is 0.166 e. The summed E-state index contributed by atoms with van der Waals surface area (Å²) < 4.78 is 0. The average molecular weight is 229 g/mol. The number of hydrogen-bond acceptors (Lipinski definition) is 4. The maximum absolute atomic E-state index is 9.54. The summed E-state index contributed by atoms with van der Waals surface area (Å²) in [7, 11) is 0. The van der Waals surface area contributed by atoms with Crippen LogP contribution in [0.1, 0.15) is 5.56 Å². The highest BCUT2D eigenvalue weighted by Crippen LogP contribution is 2.27. The normalized spacial score (nSPS) is 10.8. The SMILES string of the molecule is Oc1ccc(N=Cc2cccc(O)c2O)cc1. The topological polar surface area (TPSA) is 73.1 Å². The number of aliphatic imine (C=N–C) groups is 1. The molecule has 17 heavy (non-hydrogen) atoms. The van der Waals surface area contributed by atoms with Gasteiger partial charge in [-0.1, -0.05) is 6.07 Å². The minimum Gasteiger partial charge on any atom is -0.508 e. The second kappa shape index (κ2) is 4.57. The van der Waals surface area contributed by atoms with Crippen LogP contribution in [-0.2, 0) is 0 Å². The summed E-state index contributed by atoms with van der Waals surface area (Å²) in [5.74, 6) is -0.209. The van der Waals surface area contributed by atoms with Crippen LogP contribution in [0.25, 0.3) is 0 Å². The Balaban J connectivity index is 2.26. The van der Waals surface area contributed by atoms with Gasteiger partial charge in [-0.2, -0.15) is 0 Å². The van der Waals surface area contributed by atoms with E-state index in [4.69, 9.17) is 5.11 Å². The fraction of sp³-hybridized carbons (Fsp3) is 0. The number of para-hydroxylation sites is 1. The quantitative estimate of drug-likeness (QED) is 0.547. The van der Waals surface area contributed by atoms with Gasteiger partial charge in [0, 0.05) is 11.8 Å². The van der Waals surface area contributed by atoms with Crippen LogP contribution in [0.4, 0.5) is 5.69 Å². The molecule has 0 aliphatic heterocycles. The van der Waals surface area contributed by atoms with Crippen molar-refractivity contribution in [2.24, 2.45) is 4.99 Å². The second-order valence-corrected chi connectivity index (χ2v) is 3.49. The second-order valence-electron chi connectivity index (χ2n) is 3.49. The Morgan fingerprint density at radius 2 is 1.59 bits per heavy atom. The summed E-state index contributed by atoms with van der Waals surface area (Å²) in [6.45, 7) is 0. The molecule has 0 aliphatic rings. The molecule has 0 atom stereocenters. The predicted molar refractivity (Wildman–Crippen MR) is 65.1 cm³/mol. The van der Waals surface area contributed by atoms with Crippen LogP contribution in [0.2, 0.25) is 0 Å². The van der Waals surface area contributed by atoms with Crippen molar-refractivity contribution < 1.29 is 15.3 Å². The molecule has 3 N–H and O–H groups in total. The number of hydrogen-bond donors (Lipinski definition) is 3. The zero-order chi connectivity index (χ0) is 12.3. The van der Waals surface area contributed by atoms with E-state index in [1.54, 1.807) is 24.3 Å². The third-order valence-corrected chi connectivity index (χ3v) is 2.25. The highest BCUT2D eigenvalue weighted by Gasteiger charge is 2.02. The minimum atomic E-state index is -0.199. The molecule has 0 saturated heterocycles. The molecule has 2 rings (SSSR count). The lowest BCUT2D eigenvalue weighted by Gasteiger charge is -2.00. The molecule has 0 heterocycles. The summed E-state index contributed by atoms with van der Waals surface area (Å²) in [5.41, 5.74) is 1.07. The monoisotopic (exact) mass is 229 g/mol. The van der Waals surface area contributed by atoms with Gasteiger partial charge in [-0.05, 0) is 36.4 Å². The van der Waals surface area contributed by atoms with Crippen LogP contribution < -0.4 is 0 Å². The van der Waals surface area contributed by atoms with E-state index in [1.807, 2.05) is 0 Å². The van der Waals surface area contributed by atoms with Gasteiger partial charge in [0.25, 0.3) is 0 Å². The van der Waals surface area contributed by atoms with Crippen LogP contribution in [0.3, 0.4) is 0 Å². The lowest BCUT2D eigenvalue weighted by molar-refractivity contribution is 0.403. The van der Waals surface area contributed by atoms with Gasteiger partial charge >= 0.3 is 0 Å². The Morgan fingerprint density at radius 1 is 0.882 bits per heavy atom. The van der Waals surface area contributed by atoms with Crippen LogP contribution >= 0.6 is 0 Å². The number of phenolic OH excluding ortho intramolecular Hbond substituents is 3. The molecule has 0 aromatic heterocycles. The number of phenols is 3. The lowest BCUT2D eigenvalue weighted by atomic mass is 10.2. The summed E-state index contributed by atoms with van der Waals surface area (Å²) in [4.78, 5) is 4.11. The molecular formula is C13H11NO3. The van der Waals surface area contributed by atoms with E-state index in [0.29, 0.717) is 11.3 Å². The molecule has 0 aliphatic carbocycles. The Bertz CT molecular complexity index is 547. The van der Waals surface area contributed by atoms with Crippen molar-refractivity contribution in [3.05, 3.63) is 48.0 Å². The average Bonchev–Trinajstić information content (AvgIpc) is 2.33. The van der Waals surface area contributed by atoms with Gasteiger partial charge < -0.3 is 15.3 Å². The smallest absolute Gasteiger partial charge is 0.166 e. The van der Waals surface area contributed by atoms with Gasteiger partial charge in [-0.15, -0.1) is 0 Å². The Labute approximate surface area is 98.1 Å². The van der Waals surface area contributed by atoms with E-state index in [9.17, 15) is 10.2 Å². The molecular weight excluding hydrogens is 218 g/mol. The molecule has 2 aromatic carbocycles. The molecule has 0 unspecified atom stereocenters. The van der Waals surface area contributed by atoms with Gasteiger partial charge in [0.05, 0.1) is 5.69 Å². The summed E-state index contributed by atoms with van der Waals surface area (Å²) in [6, 6.07) is 11.0. The first-order valence-electron chi connectivity index (χ1n) is 5.01. The van der Waals surface area contributed by atoms with Crippen molar-refractivity contribution in [2.45, 2.75) is 0 Å². The van der Waals surface area contributed by atoms with E-state index in [0.717, 1.165) is 0 Å². The first-order valence-corrected chi connectivity index (χ1v) is 5.01. The zero-order valence-electron chi connectivity index (χ0n) is 8.91. The van der Waals surface area contributed by atoms with Crippen molar-refractivity contribution >= 4 is 11.9 Å². The molecule has 4 heteroatoms. The van der Waals surface area contributed by atoms with Gasteiger partial charge in [0.1, 0.15) is 5.75 Å². The van der Waals surface area contributed by atoms with Crippen molar-refractivity contribution in [2.75, 3.05) is 0 Å². The summed E-state index contributed by atoms with van der Waals surface area (Å²) in [5, 5.41) is 27.9. The molecule has 2 aromatic rings. The fourth-order valence-electron chi connectivity index (χ4n) is 1.34.